The molecule has 0 spiro atoms. The van der Waals surface area contributed by atoms with Crippen molar-refractivity contribution < 1.29 is 9.59 Å². The summed E-state index contributed by atoms with van der Waals surface area (Å²) in [6, 6.07) is 2.80. The van der Waals surface area contributed by atoms with Gasteiger partial charge in [0.05, 0.1) is 5.54 Å². The Morgan fingerprint density at radius 2 is 2.20 bits per heavy atom. The lowest BCUT2D eigenvalue weighted by atomic mass is 9.90. The Morgan fingerprint density at radius 3 is 2.92 bits per heavy atom. The van der Waals surface area contributed by atoms with Crippen LogP contribution in [-0.2, 0) is 11.8 Å². The Labute approximate surface area is 147 Å². The van der Waals surface area contributed by atoms with Crippen LogP contribution in [0.5, 0.6) is 0 Å². The van der Waals surface area contributed by atoms with E-state index in [9.17, 15) is 14.4 Å². The lowest BCUT2D eigenvalue weighted by molar-refractivity contribution is -0.130. The fraction of sp³-hybridized carbons (Fsp3) is 0.667. The van der Waals surface area contributed by atoms with E-state index in [0.29, 0.717) is 18.9 Å². The highest BCUT2D eigenvalue weighted by atomic mass is 16.2. The normalized spacial score (nSPS) is 25.0. The van der Waals surface area contributed by atoms with Crippen LogP contribution in [0.4, 0.5) is 0 Å². The lowest BCUT2D eigenvalue weighted by Crippen LogP contribution is -2.52. The molecule has 1 saturated heterocycles. The van der Waals surface area contributed by atoms with Crippen LogP contribution in [0.2, 0.25) is 0 Å². The fourth-order valence-electron chi connectivity index (χ4n) is 4.08. The number of aryl methyl sites for hydroxylation is 1. The van der Waals surface area contributed by atoms with Gasteiger partial charge in [0, 0.05) is 38.5 Å². The van der Waals surface area contributed by atoms with Crippen LogP contribution in [0, 0.1) is 5.92 Å². The summed E-state index contributed by atoms with van der Waals surface area (Å²) in [5, 5.41) is 7.18. The molecular weight excluding hydrogens is 320 g/mol. The van der Waals surface area contributed by atoms with Crippen molar-refractivity contribution in [3.8, 4) is 0 Å². The second-order valence-corrected chi connectivity index (χ2v) is 7.26. The molecule has 0 radical (unpaired) electrons. The van der Waals surface area contributed by atoms with Gasteiger partial charge in [0.1, 0.15) is 5.69 Å². The SMILES string of the molecule is CCCCC(=O)N1C[C@@H]2CCC[C@]2(NC(=O)c2ccc(=O)n(C)n2)C1. The number of hydrogen-bond acceptors (Lipinski definition) is 4. The summed E-state index contributed by atoms with van der Waals surface area (Å²) in [7, 11) is 1.53. The van der Waals surface area contributed by atoms with Gasteiger partial charge in [0.25, 0.3) is 11.5 Å². The number of nitrogens with zero attached hydrogens (tertiary/aromatic N) is 3. The number of hydrogen-bond donors (Lipinski definition) is 1. The number of unbranched alkanes of at least 4 members (excludes halogenated alkanes) is 1. The third-order valence-electron chi connectivity index (χ3n) is 5.52. The van der Waals surface area contributed by atoms with Crippen molar-refractivity contribution in [2.24, 2.45) is 13.0 Å². The fourth-order valence-corrected chi connectivity index (χ4v) is 4.08. The molecule has 1 N–H and O–H groups in total. The van der Waals surface area contributed by atoms with Gasteiger partial charge in [-0.05, 0) is 25.3 Å². The molecule has 2 amide bonds. The summed E-state index contributed by atoms with van der Waals surface area (Å²) < 4.78 is 1.16. The number of carbonyl (C=O) groups is 2. The second-order valence-electron chi connectivity index (χ2n) is 7.26. The second kappa shape index (κ2) is 6.98. The lowest BCUT2D eigenvalue weighted by Gasteiger charge is -2.30. The van der Waals surface area contributed by atoms with Crippen LogP contribution >= 0.6 is 0 Å². The van der Waals surface area contributed by atoms with E-state index >= 15 is 0 Å². The number of nitrogens with one attached hydrogen (secondary N) is 1. The highest BCUT2D eigenvalue weighted by Gasteiger charge is 2.51. The summed E-state index contributed by atoms with van der Waals surface area (Å²) in [5.74, 6) is 0.213. The summed E-state index contributed by atoms with van der Waals surface area (Å²) in [6.45, 7) is 3.38. The Balaban J connectivity index is 1.73. The molecule has 1 aliphatic carbocycles. The molecular formula is C18H26N4O3. The number of aromatic nitrogens is 2. The van der Waals surface area contributed by atoms with Crippen molar-refractivity contribution in [2.45, 2.75) is 51.0 Å². The van der Waals surface area contributed by atoms with Crippen molar-refractivity contribution in [3.63, 3.8) is 0 Å². The van der Waals surface area contributed by atoms with Crippen molar-refractivity contribution >= 4 is 11.8 Å². The molecule has 25 heavy (non-hydrogen) atoms. The first-order chi connectivity index (χ1) is 11.9. The molecule has 0 aromatic carbocycles. The summed E-state index contributed by atoms with van der Waals surface area (Å²) in [5.41, 5.74) is -0.366. The van der Waals surface area contributed by atoms with Crippen LogP contribution < -0.4 is 10.9 Å². The molecule has 1 aromatic rings. The molecule has 0 bridgehead atoms. The molecule has 0 unspecified atom stereocenters. The molecule has 2 atom stereocenters. The minimum absolute atomic E-state index is 0.185. The van der Waals surface area contributed by atoms with Crippen LogP contribution in [0.3, 0.4) is 0 Å². The van der Waals surface area contributed by atoms with Gasteiger partial charge in [-0.3, -0.25) is 14.4 Å². The smallest absolute Gasteiger partial charge is 0.272 e. The highest BCUT2D eigenvalue weighted by Crippen LogP contribution is 2.42. The van der Waals surface area contributed by atoms with Crippen LogP contribution in [-0.4, -0.2) is 45.1 Å². The van der Waals surface area contributed by atoms with E-state index < -0.39 is 0 Å². The molecule has 7 heteroatoms. The van der Waals surface area contributed by atoms with Crippen LogP contribution in [0.1, 0.15) is 55.9 Å². The maximum absolute atomic E-state index is 12.7. The van der Waals surface area contributed by atoms with E-state index in [1.807, 2.05) is 4.90 Å². The predicted molar refractivity (Wildman–Crippen MR) is 93.1 cm³/mol. The first-order valence-corrected chi connectivity index (χ1v) is 9.10. The third-order valence-corrected chi connectivity index (χ3v) is 5.52. The Kier molecular flexibility index (Phi) is 4.92. The zero-order chi connectivity index (χ0) is 18.0. The van der Waals surface area contributed by atoms with Gasteiger partial charge in [-0.2, -0.15) is 5.10 Å². The van der Waals surface area contributed by atoms with Crippen molar-refractivity contribution in [3.05, 3.63) is 28.2 Å². The number of carbonyl (C=O) groups excluding carboxylic acids is 2. The summed E-state index contributed by atoms with van der Waals surface area (Å²) >= 11 is 0. The van der Waals surface area contributed by atoms with Gasteiger partial charge in [-0.25, -0.2) is 4.68 Å². The summed E-state index contributed by atoms with van der Waals surface area (Å²) in [6.07, 6.45) is 5.45. The first kappa shape index (κ1) is 17.6. The van der Waals surface area contributed by atoms with Gasteiger partial charge in [-0.15, -0.1) is 0 Å². The predicted octanol–water partition coefficient (Wildman–Crippen LogP) is 1.08. The zero-order valence-electron chi connectivity index (χ0n) is 15.0. The molecule has 3 rings (SSSR count). The molecule has 2 fully saturated rings. The number of fused-ring (bicyclic) bond motifs is 1. The molecule has 1 aromatic heterocycles. The van der Waals surface area contributed by atoms with Crippen LogP contribution in [0.15, 0.2) is 16.9 Å². The van der Waals surface area contributed by atoms with Crippen molar-refractivity contribution in [1.29, 1.82) is 0 Å². The van der Waals surface area contributed by atoms with E-state index in [2.05, 4.69) is 17.3 Å². The van der Waals surface area contributed by atoms with Gasteiger partial charge in [-0.1, -0.05) is 19.8 Å². The van der Waals surface area contributed by atoms with E-state index in [0.717, 1.165) is 43.3 Å². The maximum atomic E-state index is 12.7. The Hall–Kier alpha value is -2.18. The quantitative estimate of drug-likeness (QED) is 0.865. The molecule has 136 valence electrons. The van der Waals surface area contributed by atoms with Crippen molar-refractivity contribution in [1.82, 2.24) is 20.0 Å². The molecule has 7 nitrogen and oxygen atoms in total. The molecule has 2 heterocycles. The molecule has 1 aliphatic heterocycles. The largest absolute Gasteiger partial charge is 0.343 e. The minimum Gasteiger partial charge on any atom is -0.343 e. The number of amides is 2. The van der Waals surface area contributed by atoms with E-state index in [1.165, 1.54) is 19.2 Å². The van der Waals surface area contributed by atoms with Gasteiger partial charge in [0.15, 0.2) is 0 Å². The first-order valence-electron chi connectivity index (χ1n) is 9.10. The molecule has 1 saturated carbocycles. The third kappa shape index (κ3) is 3.45. The Morgan fingerprint density at radius 1 is 1.40 bits per heavy atom. The average molecular weight is 346 g/mol. The summed E-state index contributed by atoms with van der Waals surface area (Å²) in [4.78, 5) is 38.4. The van der Waals surface area contributed by atoms with Crippen molar-refractivity contribution in [2.75, 3.05) is 13.1 Å². The average Bonchev–Trinajstić information content (AvgIpc) is 3.11. The minimum atomic E-state index is -0.352. The van der Waals surface area contributed by atoms with Gasteiger partial charge >= 0.3 is 0 Å². The van der Waals surface area contributed by atoms with E-state index in [-0.39, 0.29) is 28.6 Å². The topological polar surface area (TPSA) is 84.3 Å². The monoisotopic (exact) mass is 346 g/mol. The highest BCUT2D eigenvalue weighted by molar-refractivity contribution is 5.92. The number of rotatable bonds is 5. The van der Waals surface area contributed by atoms with E-state index in [1.54, 1.807) is 0 Å². The molecule has 2 aliphatic rings. The van der Waals surface area contributed by atoms with Gasteiger partial charge in [0.2, 0.25) is 5.91 Å². The van der Waals surface area contributed by atoms with E-state index in [4.69, 9.17) is 0 Å². The van der Waals surface area contributed by atoms with Gasteiger partial charge < -0.3 is 10.2 Å². The maximum Gasteiger partial charge on any atom is 0.272 e. The zero-order valence-corrected chi connectivity index (χ0v) is 15.0. The standard InChI is InChI=1S/C18H26N4O3/c1-3-4-7-16(24)22-11-13-6-5-10-18(13,12-22)19-17(25)14-8-9-15(23)21(2)20-14/h8-9,13H,3-7,10-12H2,1-2H3,(H,19,25)/t13-,18-/m0/s1. The number of likely N-dealkylation sites (tertiary alicyclic amines) is 1. The van der Waals surface area contributed by atoms with Crippen LogP contribution in [0.25, 0.3) is 0 Å². The Bertz CT molecular complexity index is 729.